The zero-order valence-electron chi connectivity index (χ0n) is 76.9. The number of para-hydroxylation sites is 2. The van der Waals surface area contributed by atoms with Gasteiger partial charge in [-0.25, -0.2) is 17.6 Å². The van der Waals surface area contributed by atoms with E-state index in [2.05, 4.69) is 116 Å². The van der Waals surface area contributed by atoms with Gasteiger partial charge in [0.15, 0.2) is 0 Å². The largest absolute Gasteiger partial charge is 4.00 e. The minimum absolute atomic E-state index is 0. The minimum atomic E-state index is -3.29. The first-order valence-corrected chi connectivity index (χ1v) is 50.3. The summed E-state index contributed by atoms with van der Waals surface area (Å²) in [4.78, 5) is 0. The summed E-state index contributed by atoms with van der Waals surface area (Å²) in [5.74, 6) is 8.93. The number of methoxy groups -OCH3 is 1. The van der Waals surface area contributed by atoms with Crippen LogP contribution in [0.5, 0.6) is 11.5 Å². The number of ether oxygens (including phenoxy) is 2. The van der Waals surface area contributed by atoms with E-state index in [9.17, 15) is 17.6 Å². The van der Waals surface area contributed by atoms with Crippen molar-refractivity contribution in [2.75, 3.05) is 13.7 Å². The first-order chi connectivity index (χ1) is 45.8. The molecule has 2 nitrogen and oxygen atoms in total. The van der Waals surface area contributed by atoms with Crippen LogP contribution in [0.4, 0.5) is 17.6 Å². The van der Waals surface area contributed by atoms with Crippen LogP contribution < -0.4 is 14.7 Å². The molecule has 19 unspecified atom stereocenters. The van der Waals surface area contributed by atoms with Gasteiger partial charge in [0.05, 0.1) is 44.4 Å². The van der Waals surface area contributed by atoms with E-state index in [0.29, 0.717) is 34.9 Å². The fourth-order valence-corrected chi connectivity index (χ4v) is 48.1. The Morgan fingerprint density at radius 1 is 0.387 bits per heavy atom. The zero-order chi connectivity index (χ0) is 67.8. The third-order valence-electron chi connectivity index (χ3n) is 32.6. The smallest absolute Gasteiger partial charge is 0.497 e. The Bertz CT molecular complexity index is 2670. The standard InChI is InChI=1S/C34H56OSi.C28H44OSi.C25H42F4Si.12CH3.2Hf.Zr/c1-33(2,3)23-17-19-26-27-20-18-24(34(4,5)6)22-29(27)32(28(26)21-23)36(8,25-13-9-10-14-25)31-16-12-11-15-30(31)35-7;1-30(21-9-20-29-24-12-3-2-4-13-24,27-18-16-22-10-5-7-14-25(22)27)28-19-17-23-11-6-8-15-26(23)28;1-24(26,27)17-25(28,29)15-16-30(2,22-13-11-18-7-3-5-9-20(18)22)23-14-12-19-8-4-6-10-21(19)23;;;;;;;;;;;;;;;/h11-12,15-16,23-29,32H,9-10,13-14,17-22H2,1-8H3;2-4,12-13,22-23,25-28H,5-11,14-21H2,1H3;18-23H,3-17H2,1-2H3;12*1H3;;;/q;;;12*-1;3*+4. The molecular weight excluding hydrogens is 1830 g/mol. The molecule has 2 aromatic rings. The number of benzene rings is 2. The van der Waals surface area contributed by atoms with E-state index >= 15 is 0 Å². The molecule has 12 fully saturated rings. The Balaban J connectivity index is -0.000000728. The first-order valence-electron chi connectivity index (χ1n) is 41.9. The van der Waals surface area contributed by atoms with Crippen molar-refractivity contribution in [3.05, 3.63) is 144 Å². The number of alkyl halides is 4. The molecular formula is C99H178F4Hf2O2Si3Zr. The van der Waals surface area contributed by atoms with E-state index in [-0.39, 0.29) is 173 Å². The molecule has 0 radical (unpaired) electrons. The fraction of sp³-hybridized carbons (Fsp3) is 0.758. The average Bonchev–Trinajstić information content (AvgIpc) is 1.57. The maximum Gasteiger partial charge on any atom is 4.00 e. The second-order valence-electron chi connectivity index (χ2n) is 39.3. The Kier molecular flexibility index (Phi) is 53.9. The van der Waals surface area contributed by atoms with Gasteiger partial charge in [0.1, 0.15) is 11.5 Å². The summed E-state index contributed by atoms with van der Waals surface area (Å²) in [5.41, 5.74) is 6.32. The van der Waals surface area contributed by atoms with Crippen LogP contribution in [0.2, 0.25) is 65.0 Å². The molecule has 19 atom stereocenters. The summed E-state index contributed by atoms with van der Waals surface area (Å²) in [6.07, 6.45) is 48.7. The maximum atomic E-state index is 14.6. The van der Waals surface area contributed by atoms with Gasteiger partial charge in [-0.15, -0.1) is 0 Å². The van der Waals surface area contributed by atoms with Gasteiger partial charge in [-0.1, -0.05) is 289 Å². The second-order valence-corrected chi connectivity index (χ2v) is 53.9. The van der Waals surface area contributed by atoms with Crippen molar-refractivity contribution in [3.8, 4) is 11.5 Å². The van der Waals surface area contributed by atoms with E-state index in [4.69, 9.17) is 9.47 Å². The third-order valence-corrected chi connectivity index (χ3v) is 51.1. The molecule has 14 rings (SSSR count). The summed E-state index contributed by atoms with van der Waals surface area (Å²) < 4.78 is 68.4. The van der Waals surface area contributed by atoms with E-state index < -0.39 is 42.5 Å². The van der Waals surface area contributed by atoms with Crippen molar-refractivity contribution >= 4 is 29.4 Å². The van der Waals surface area contributed by atoms with Crippen molar-refractivity contribution in [3.63, 3.8) is 0 Å². The van der Waals surface area contributed by atoms with Crippen LogP contribution in [0.25, 0.3) is 0 Å². The molecule has 0 aromatic heterocycles. The number of rotatable bonds is 18. The summed E-state index contributed by atoms with van der Waals surface area (Å²) >= 11 is 0. The molecule has 0 N–H and O–H groups in total. The molecule has 111 heavy (non-hydrogen) atoms. The quantitative estimate of drug-likeness (QED) is 0.0641. The molecule has 0 spiro atoms. The number of halogens is 4. The maximum absolute atomic E-state index is 14.6. The topological polar surface area (TPSA) is 18.5 Å². The van der Waals surface area contributed by atoms with Gasteiger partial charge in [0.2, 0.25) is 0 Å². The molecule has 638 valence electrons. The SMILES string of the molecule is CC(F)(F)CC(F)(F)CC[Si](C)(C1CCC2CCCCC21)C1CCC2CCCCC21.COc1ccccc1[Si](C)(C1CCCC1)C1C2CC(C(C)(C)C)CCC2C2CCC(C(C)(C)C)CC21.C[Si](CCCOc1ccccc1)(C1CCC2CCCCC21)C1CCC2CCCCC21.[CH3-].[CH3-].[CH3-].[CH3-].[CH3-].[CH3-].[CH3-].[CH3-].[CH3-].[CH3-].[CH3-].[CH3-].[Hf+4].[Hf+4].[Zr+4]. The summed E-state index contributed by atoms with van der Waals surface area (Å²) in [6, 6.07) is 22.0. The van der Waals surface area contributed by atoms with Gasteiger partial charge in [0, 0.05) is 6.42 Å². The Morgan fingerprint density at radius 3 is 1.09 bits per heavy atom. The van der Waals surface area contributed by atoms with Crippen LogP contribution in [0.1, 0.15) is 286 Å². The second kappa shape index (κ2) is 50.6. The van der Waals surface area contributed by atoms with Crippen molar-refractivity contribution < 1.29 is 105 Å². The molecule has 0 bridgehead atoms. The van der Waals surface area contributed by atoms with E-state index in [1.807, 2.05) is 7.11 Å². The minimum Gasteiger partial charge on any atom is -0.497 e. The van der Waals surface area contributed by atoms with E-state index in [0.717, 1.165) is 117 Å². The third kappa shape index (κ3) is 26.8. The predicted molar refractivity (Wildman–Crippen MR) is 483 cm³/mol. The summed E-state index contributed by atoms with van der Waals surface area (Å²) in [7, 11) is -3.25. The van der Waals surface area contributed by atoms with Gasteiger partial charge in [-0.05, 0) is 202 Å². The summed E-state index contributed by atoms with van der Waals surface area (Å²) in [5, 5.41) is 1.68. The molecule has 12 heteroatoms. The van der Waals surface area contributed by atoms with Crippen LogP contribution in [-0.2, 0) is 77.9 Å². The van der Waals surface area contributed by atoms with Gasteiger partial charge < -0.3 is 98.6 Å². The van der Waals surface area contributed by atoms with Crippen LogP contribution in [0.15, 0.2) is 54.6 Å². The molecule has 0 heterocycles. The Morgan fingerprint density at radius 2 is 0.730 bits per heavy atom. The van der Waals surface area contributed by atoms with Crippen LogP contribution in [0.3, 0.4) is 0 Å². The van der Waals surface area contributed by atoms with Crippen LogP contribution in [0, 0.1) is 183 Å². The number of fused-ring (bicyclic) bond motifs is 7. The van der Waals surface area contributed by atoms with Crippen LogP contribution >= 0.6 is 0 Å². The monoisotopic (exact) mass is 2010 g/mol. The van der Waals surface area contributed by atoms with Crippen molar-refractivity contribution in [1.29, 1.82) is 0 Å². The predicted octanol–water partition coefficient (Wildman–Crippen LogP) is 32.4. The van der Waals surface area contributed by atoms with Crippen LogP contribution in [-0.4, -0.2) is 49.8 Å². The van der Waals surface area contributed by atoms with Crippen molar-refractivity contribution in [1.82, 2.24) is 0 Å². The normalized spacial score (nSPS) is 33.0. The Hall–Kier alpha value is 1.03. The first kappa shape index (κ1) is 118. The average molecular weight is 2010 g/mol. The van der Waals surface area contributed by atoms with Crippen molar-refractivity contribution in [2.24, 2.45) is 93.7 Å². The van der Waals surface area contributed by atoms with Gasteiger partial charge in [-0.3, -0.25) is 0 Å². The van der Waals surface area contributed by atoms with Gasteiger partial charge >= 0.3 is 77.9 Å². The molecule has 2 aromatic carbocycles. The number of hydrogen-bond acceptors (Lipinski definition) is 2. The molecule has 0 saturated heterocycles. The zero-order valence-corrected chi connectivity index (χ0v) is 89.5. The van der Waals surface area contributed by atoms with Gasteiger partial charge in [-0.2, -0.15) is 0 Å². The van der Waals surface area contributed by atoms with Crippen molar-refractivity contribution in [2.45, 2.75) is 363 Å². The molecule has 0 aliphatic heterocycles. The summed E-state index contributed by atoms with van der Waals surface area (Å²) in [6.45, 7) is 24.9. The van der Waals surface area contributed by atoms with E-state index in [1.165, 1.54) is 185 Å². The molecule has 12 aliphatic carbocycles. The number of hydrogen-bond donors (Lipinski definition) is 0. The molecule has 0 amide bonds. The van der Waals surface area contributed by atoms with E-state index in [1.54, 1.807) is 56.6 Å². The van der Waals surface area contributed by atoms with Gasteiger partial charge in [0.25, 0.3) is 11.8 Å². The fourth-order valence-electron chi connectivity index (χ4n) is 28.1. The molecule has 12 saturated carbocycles. The molecule has 12 aliphatic rings. The Labute approximate surface area is 752 Å².